The monoisotopic (exact) mass is 276 g/mol. The van der Waals surface area contributed by atoms with E-state index in [1.165, 1.54) is 6.07 Å². The van der Waals surface area contributed by atoms with Gasteiger partial charge in [0, 0.05) is 17.5 Å². The molecular formula is C11H14BrFO2. The zero-order valence-electron chi connectivity index (χ0n) is 8.54. The van der Waals surface area contributed by atoms with E-state index in [9.17, 15) is 9.50 Å². The van der Waals surface area contributed by atoms with E-state index < -0.39 is 6.10 Å². The highest BCUT2D eigenvalue weighted by Gasteiger charge is 2.09. The van der Waals surface area contributed by atoms with Crippen molar-refractivity contribution in [2.75, 3.05) is 13.2 Å². The molecule has 0 saturated carbocycles. The third-order valence-corrected chi connectivity index (χ3v) is 2.47. The van der Waals surface area contributed by atoms with Crippen molar-refractivity contribution in [3.63, 3.8) is 0 Å². The van der Waals surface area contributed by atoms with Gasteiger partial charge in [0.25, 0.3) is 0 Å². The molecule has 1 atom stereocenters. The van der Waals surface area contributed by atoms with Gasteiger partial charge in [0.1, 0.15) is 5.82 Å². The van der Waals surface area contributed by atoms with Crippen LogP contribution in [0.4, 0.5) is 4.39 Å². The highest BCUT2D eigenvalue weighted by atomic mass is 79.9. The van der Waals surface area contributed by atoms with Crippen LogP contribution in [0.1, 0.15) is 12.5 Å². The quantitative estimate of drug-likeness (QED) is 0.896. The Morgan fingerprint density at radius 2 is 2.27 bits per heavy atom. The number of rotatable bonds is 5. The average Bonchev–Trinajstić information content (AvgIpc) is 2.20. The van der Waals surface area contributed by atoms with E-state index in [2.05, 4.69) is 15.9 Å². The summed E-state index contributed by atoms with van der Waals surface area (Å²) in [4.78, 5) is 0. The van der Waals surface area contributed by atoms with Crippen LogP contribution in [-0.4, -0.2) is 24.4 Å². The number of halogens is 2. The summed E-state index contributed by atoms with van der Waals surface area (Å²) in [5.74, 6) is -0.297. The molecule has 1 aromatic carbocycles. The van der Waals surface area contributed by atoms with Gasteiger partial charge in [-0.05, 0) is 30.7 Å². The van der Waals surface area contributed by atoms with Crippen LogP contribution in [0.25, 0.3) is 0 Å². The summed E-state index contributed by atoms with van der Waals surface area (Å²) in [5.41, 5.74) is 0.497. The van der Waals surface area contributed by atoms with Gasteiger partial charge in [0.2, 0.25) is 0 Å². The van der Waals surface area contributed by atoms with Crippen LogP contribution in [0.2, 0.25) is 0 Å². The predicted molar refractivity (Wildman–Crippen MR) is 60.3 cm³/mol. The first kappa shape index (κ1) is 12.6. The highest BCUT2D eigenvalue weighted by Crippen LogP contribution is 2.17. The van der Waals surface area contributed by atoms with Crippen LogP contribution >= 0.6 is 15.9 Å². The second-order valence-corrected chi connectivity index (χ2v) is 4.17. The Balaban J connectivity index is 2.59. The highest BCUT2D eigenvalue weighted by molar-refractivity contribution is 9.10. The molecule has 0 spiro atoms. The fourth-order valence-electron chi connectivity index (χ4n) is 1.27. The first-order valence-electron chi connectivity index (χ1n) is 4.83. The van der Waals surface area contributed by atoms with Crippen molar-refractivity contribution in [2.24, 2.45) is 0 Å². The lowest BCUT2D eigenvalue weighted by molar-refractivity contribution is 0.0426. The number of hydrogen-bond acceptors (Lipinski definition) is 2. The Kier molecular flexibility index (Phi) is 5.22. The summed E-state index contributed by atoms with van der Waals surface area (Å²) >= 11 is 3.26. The number of aliphatic hydroxyl groups excluding tert-OH is 1. The zero-order chi connectivity index (χ0) is 11.3. The topological polar surface area (TPSA) is 29.5 Å². The van der Waals surface area contributed by atoms with E-state index in [0.29, 0.717) is 12.2 Å². The summed E-state index contributed by atoms with van der Waals surface area (Å²) in [6.45, 7) is 2.65. The molecule has 1 rings (SSSR count). The van der Waals surface area contributed by atoms with Gasteiger partial charge in [-0.1, -0.05) is 15.9 Å². The molecule has 1 N–H and O–H groups in total. The van der Waals surface area contributed by atoms with Crippen LogP contribution in [0.15, 0.2) is 22.7 Å². The number of ether oxygens (including phenoxy) is 1. The van der Waals surface area contributed by atoms with Gasteiger partial charge in [-0.2, -0.15) is 0 Å². The van der Waals surface area contributed by atoms with E-state index in [-0.39, 0.29) is 18.8 Å². The summed E-state index contributed by atoms with van der Waals surface area (Å²) in [7, 11) is 0. The molecule has 0 fully saturated rings. The Bertz CT molecular complexity index is 317. The van der Waals surface area contributed by atoms with Gasteiger partial charge in [-0.3, -0.25) is 0 Å². The molecule has 84 valence electrons. The van der Waals surface area contributed by atoms with Crippen molar-refractivity contribution in [2.45, 2.75) is 19.4 Å². The molecule has 4 heteroatoms. The minimum Gasteiger partial charge on any atom is -0.390 e. The number of benzene rings is 1. The number of hydrogen-bond donors (Lipinski definition) is 1. The van der Waals surface area contributed by atoms with Gasteiger partial charge >= 0.3 is 0 Å². The lowest BCUT2D eigenvalue weighted by atomic mass is 10.1. The zero-order valence-corrected chi connectivity index (χ0v) is 10.1. The summed E-state index contributed by atoms with van der Waals surface area (Å²) in [5, 5.41) is 9.54. The van der Waals surface area contributed by atoms with Crippen LogP contribution < -0.4 is 0 Å². The molecule has 0 heterocycles. The van der Waals surface area contributed by atoms with Gasteiger partial charge in [0.15, 0.2) is 0 Å². The lowest BCUT2D eigenvalue weighted by Crippen LogP contribution is -2.18. The molecular weight excluding hydrogens is 263 g/mol. The summed E-state index contributed by atoms with van der Waals surface area (Å²) in [6.07, 6.45) is -0.389. The Morgan fingerprint density at radius 3 is 2.93 bits per heavy atom. The van der Waals surface area contributed by atoms with Crippen LogP contribution in [0, 0.1) is 5.82 Å². The van der Waals surface area contributed by atoms with E-state index in [1.54, 1.807) is 12.1 Å². The van der Waals surface area contributed by atoms with Crippen LogP contribution in [0.3, 0.4) is 0 Å². The second-order valence-electron chi connectivity index (χ2n) is 3.25. The van der Waals surface area contributed by atoms with Gasteiger partial charge < -0.3 is 9.84 Å². The molecule has 1 unspecified atom stereocenters. The predicted octanol–water partition coefficient (Wildman–Crippen LogP) is 2.53. The minimum absolute atomic E-state index is 0.239. The Hall–Kier alpha value is -0.450. The third kappa shape index (κ3) is 4.28. The standard InChI is InChI=1S/C11H14BrFO2/c1-2-15-7-10(14)6-8-5-9(12)3-4-11(8)13/h3-5,10,14H,2,6-7H2,1H3. The smallest absolute Gasteiger partial charge is 0.126 e. The SMILES string of the molecule is CCOCC(O)Cc1cc(Br)ccc1F. The maximum atomic E-state index is 13.3. The minimum atomic E-state index is -0.659. The number of aliphatic hydroxyl groups is 1. The molecule has 2 nitrogen and oxygen atoms in total. The van der Waals surface area contributed by atoms with Crippen LogP contribution in [-0.2, 0) is 11.2 Å². The van der Waals surface area contributed by atoms with Gasteiger partial charge in [-0.15, -0.1) is 0 Å². The third-order valence-electron chi connectivity index (χ3n) is 1.98. The van der Waals surface area contributed by atoms with Crippen molar-refractivity contribution < 1.29 is 14.2 Å². The Morgan fingerprint density at radius 1 is 1.53 bits per heavy atom. The molecule has 1 aromatic rings. The molecule has 15 heavy (non-hydrogen) atoms. The fraction of sp³-hybridized carbons (Fsp3) is 0.455. The van der Waals surface area contributed by atoms with Gasteiger partial charge in [-0.25, -0.2) is 4.39 Å². The maximum Gasteiger partial charge on any atom is 0.126 e. The fourth-order valence-corrected chi connectivity index (χ4v) is 1.67. The Labute approximate surface area is 97.2 Å². The molecule has 0 radical (unpaired) electrons. The van der Waals surface area contributed by atoms with E-state index >= 15 is 0 Å². The van der Waals surface area contributed by atoms with E-state index in [0.717, 1.165) is 4.47 Å². The van der Waals surface area contributed by atoms with E-state index in [4.69, 9.17) is 4.74 Å². The second kappa shape index (κ2) is 6.20. The first-order chi connectivity index (χ1) is 7.13. The van der Waals surface area contributed by atoms with Crippen molar-refractivity contribution in [1.82, 2.24) is 0 Å². The molecule has 0 saturated heterocycles. The van der Waals surface area contributed by atoms with Crippen molar-refractivity contribution >= 4 is 15.9 Å². The van der Waals surface area contributed by atoms with E-state index in [1.807, 2.05) is 6.92 Å². The maximum absolute atomic E-state index is 13.3. The van der Waals surface area contributed by atoms with Gasteiger partial charge in [0.05, 0.1) is 12.7 Å². The molecule has 0 bridgehead atoms. The lowest BCUT2D eigenvalue weighted by Gasteiger charge is -2.11. The van der Waals surface area contributed by atoms with Crippen molar-refractivity contribution in [3.05, 3.63) is 34.1 Å². The average molecular weight is 277 g/mol. The molecule has 0 amide bonds. The van der Waals surface area contributed by atoms with Crippen molar-refractivity contribution in [1.29, 1.82) is 0 Å². The molecule has 0 aliphatic rings. The first-order valence-corrected chi connectivity index (χ1v) is 5.62. The molecule has 0 aliphatic heterocycles. The summed E-state index contributed by atoms with van der Waals surface area (Å²) in [6, 6.07) is 4.69. The summed E-state index contributed by atoms with van der Waals surface area (Å²) < 4.78 is 19.1. The largest absolute Gasteiger partial charge is 0.390 e. The molecule has 0 aliphatic carbocycles. The molecule has 0 aromatic heterocycles. The normalized spacial score (nSPS) is 12.8. The van der Waals surface area contributed by atoms with Crippen molar-refractivity contribution in [3.8, 4) is 0 Å². The van der Waals surface area contributed by atoms with Crippen LogP contribution in [0.5, 0.6) is 0 Å².